The molecule has 0 N–H and O–H groups in total. The maximum absolute atomic E-state index is 12.4. The Balaban J connectivity index is 0.000000609. The molecule has 3 nitrogen and oxygen atoms in total. The van der Waals surface area contributed by atoms with Crippen molar-refractivity contribution in [1.82, 2.24) is 0 Å². The van der Waals surface area contributed by atoms with E-state index in [1.807, 2.05) is 54.6 Å². The largest absolute Gasteiger partial charge is 3.00 e. The Morgan fingerprint density at radius 2 is 0.732 bits per heavy atom. The zero-order valence-electron chi connectivity index (χ0n) is 28.2. The maximum Gasteiger partial charge on any atom is 3.00 e. The van der Waals surface area contributed by atoms with Gasteiger partial charge in [0.05, 0.1) is 0 Å². The van der Waals surface area contributed by atoms with Gasteiger partial charge in [0, 0.05) is 0 Å². The SMILES string of the molecule is Cc1cc(C(C)(C)C)c([O-])c(C(C)(C)C)c1.Cc1cc(C(C)(C)C)c([O-])c(C(C)(C)C)c1.[Al+3].[O-]Cc1ccccc1. The summed E-state index contributed by atoms with van der Waals surface area (Å²) >= 11 is 0. The van der Waals surface area contributed by atoms with E-state index < -0.39 is 0 Å². The molecular formula is C37H53AlO3. The minimum atomic E-state index is -0.110. The Morgan fingerprint density at radius 1 is 0.488 bits per heavy atom. The first-order valence-electron chi connectivity index (χ1n) is 14.3. The van der Waals surface area contributed by atoms with Crippen LogP contribution in [0.3, 0.4) is 0 Å². The summed E-state index contributed by atoms with van der Waals surface area (Å²) in [7, 11) is 0. The van der Waals surface area contributed by atoms with Gasteiger partial charge in [-0.15, -0.1) is 18.1 Å². The molecule has 0 bridgehead atoms. The van der Waals surface area contributed by atoms with Crippen molar-refractivity contribution in [3.63, 3.8) is 0 Å². The van der Waals surface area contributed by atoms with Crippen LogP contribution in [0.1, 0.15) is 122 Å². The van der Waals surface area contributed by atoms with Crippen LogP contribution in [0.5, 0.6) is 11.5 Å². The number of rotatable bonds is 1. The molecule has 41 heavy (non-hydrogen) atoms. The molecule has 0 radical (unpaired) electrons. The van der Waals surface area contributed by atoms with Crippen molar-refractivity contribution in [2.45, 2.75) is 125 Å². The van der Waals surface area contributed by atoms with Gasteiger partial charge >= 0.3 is 17.4 Å². The van der Waals surface area contributed by atoms with Gasteiger partial charge in [-0.3, -0.25) is 0 Å². The van der Waals surface area contributed by atoms with Crippen LogP contribution in [0.15, 0.2) is 54.6 Å². The van der Waals surface area contributed by atoms with E-state index in [0.717, 1.165) is 27.8 Å². The van der Waals surface area contributed by atoms with Gasteiger partial charge in [-0.1, -0.05) is 154 Å². The molecule has 0 amide bonds. The minimum absolute atomic E-state index is 0. The number of aryl methyl sites for hydroxylation is 2. The van der Waals surface area contributed by atoms with Crippen molar-refractivity contribution in [2.24, 2.45) is 0 Å². The van der Waals surface area contributed by atoms with Gasteiger partial charge in [-0.2, -0.15) is 0 Å². The van der Waals surface area contributed by atoms with E-state index in [4.69, 9.17) is 0 Å². The predicted octanol–water partition coefficient (Wildman–Crippen LogP) is 7.49. The van der Waals surface area contributed by atoms with Gasteiger partial charge in [-0.25, -0.2) is 0 Å². The van der Waals surface area contributed by atoms with E-state index in [-0.39, 0.29) is 57.1 Å². The summed E-state index contributed by atoms with van der Waals surface area (Å²) in [5, 5.41) is 35.0. The summed E-state index contributed by atoms with van der Waals surface area (Å²) in [6.07, 6.45) is 0. The molecule has 0 unspecified atom stereocenters. The van der Waals surface area contributed by atoms with Crippen molar-refractivity contribution in [1.29, 1.82) is 0 Å². The van der Waals surface area contributed by atoms with Gasteiger partial charge in [0.15, 0.2) is 0 Å². The van der Waals surface area contributed by atoms with Crippen molar-refractivity contribution < 1.29 is 15.3 Å². The first kappa shape index (κ1) is 38.8. The molecule has 3 rings (SSSR count). The average Bonchev–Trinajstić information content (AvgIpc) is 2.80. The number of hydrogen-bond donors (Lipinski definition) is 0. The van der Waals surface area contributed by atoms with Crippen LogP contribution in [-0.2, 0) is 28.3 Å². The van der Waals surface area contributed by atoms with Gasteiger partial charge in [-0.05, 0) is 57.8 Å². The summed E-state index contributed by atoms with van der Waals surface area (Å²) in [6.45, 7) is 29.1. The fourth-order valence-electron chi connectivity index (χ4n) is 4.35. The maximum atomic E-state index is 12.4. The quantitative estimate of drug-likeness (QED) is 0.284. The second kappa shape index (κ2) is 14.8. The molecule has 3 aromatic carbocycles. The molecule has 0 aliphatic rings. The molecule has 0 fully saturated rings. The second-order valence-electron chi connectivity index (χ2n) is 15.0. The van der Waals surface area contributed by atoms with Gasteiger partial charge in [0.2, 0.25) is 0 Å². The molecule has 4 heteroatoms. The van der Waals surface area contributed by atoms with E-state index in [1.165, 1.54) is 11.1 Å². The molecule has 0 aliphatic heterocycles. The van der Waals surface area contributed by atoms with Crippen LogP contribution in [0.4, 0.5) is 0 Å². The predicted molar refractivity (Wildman–Crippen MR) is 172 cm³/mol. The van der Waals surface area contributed by atoms with E-state index in [0.29, 0.717) is 0 Å². The molecule has 0 saturated carbocycles. The van der Waals surface area contributed by atoms with E-state index >= 15 is 0 Å². The van der Waals surface area contributed by atoms with Crippen LogP contribution < -0.4 is 15.3 Å². The Hall–Kier alpha value is -2.25. The zero-order valence-corrected chi connectivity index (χ0v) is 29.4. The first-order chi connectivity index (χ1) is 18.0. The first-order valence-corrected chi connectivity index (χ1v) is 14.3. The third kappa shape index (κ3) is 11.9. The molecule has 3 aromatic rings. The summed E-state index contributed by atoms with van der Waals surface area (Å²) in [5.41, 5.74) is 6.60. The number of benzene rings is 3. The smallest absolute Gasteiger partial charge is 0.872 e. The van der Waals surface area contributed by atoms with Crippen molar-refractivity contribution in [2.75, 3.05) is 0 Å². The minimum Gasteiger partial charge on any atom is -0.872 e. The molecule has 0 spiro atoms. The monoisotopic (exact) mass is 572 g/mol. The van der Waals surface area contributed by atoms with Gasteiger partial charge in [0.1, 0.15) is 0 Å². The van der Waals surface area contributed by atoms with E-state index in [2.05, 4.69) is 96.9 Å². The molecule has 0 aromatic heterocycles. The molecule has 0 saturated heterocycles. The topological polar surface area (TPSA) is 69.2 Å². The van der Waals surface area contributed by atoms with Crippen molar-refractivity contribution >= 4 is 17.4 Å². The van der Waals surface area contributed by atoms with Crippen LogP contribution >= 0.6 is 0 Å². The Labute approximate surface area is 262 Å². The summed E-state index contributed by atoms with van der Waals surface area (Å²) in [4.78, 5) is 0. The van der Waals surface area contributed by atoms with E-state index in [1.54, 1.807) is 0 Å². The Kier molecular flexibility index (Phi) is 14.0. The second-order valence-corrected chi connectivity index (χ2v) is 15.0. The van der Waals surface area contributed by atoms with Gasteiger partial charge in [0.25, 0.3) is 0 Å². The standard InChI is InChI=1S/2C15H24O.C7H7O.Al/c2*1-10-8-11(14(2,3)4)13(16)12(9-10)15(5,6)7;8-6-7-4-2-1-3-5-7;/h2*8-9,16H,1-7H3;1-5H,6H2;/q;;-1;+3/p-2. The molecular weight excluding hydrogens is 519 g/mol. The summed E-state index contributed by atoms with van der Waals surface area (Å²) in [6, 6.07) is 17.4. The van der Waals surface area contributed by atoms with Gasteiger partial charge < -0.3 is 15.3 Å². The number of hydrogen-bond acceptors (Lipinski definition) is 3. The summed E-state index contributed by atoms with van der Waals surface area (Å²) < 4.78 is 0. The molecule has 0 heterocycles. The summed E-state index contributed by atoms with van der Waals surface area (Å²) in [5.74, 6) is 0.427. The van der Waals surface area contributed by atoms with Crippen molar-refractivity contribution in [3.05, 3.63) is 93.5 Å². The third-order valence-electron chi connectivity index (χ3n) is 6.71. The normalized spacial score (nSPS) is 11.9. The molecule has 0 atom stereocenters. The average molecular weight is 573 g/mol. The van der Waals surface area contributed by atoms with Crippen LogP contribution in [0.25, 0.3) is 0 Å². The zero-order chi connectivity index (χ0) is 31.3. The third-order valence-corrected chi connectivity index (χ3v) is 6.71. The van der Waals surface area contributed by atoms with Crippen LogP contribution in [-0.4, -0.2) is 17.4 Å². The van der Waals surface area contributed by atoms with Crippen molar-refractivity contribution in [3.8, 4) is 11.5 Å². The van der Waals surface area contributed by atoms with E-state index in [9.17, 15) is 15.3 Å². The van der Waals surface area contributed by atoms with Crippen LogP contribution in [0.2, 0.25) is 0 Å². The fourth-order valence-corrected chi connectivity index (χ4v) is 4.35. The molecule has 222 valence electrons. The fraction of sp³-hybridized carbons (Fsp3) is 0.514. The Morgan fingerprint density at radius 3 is 0.902 bits per heavy atom. The Bertz CT molecular complexity index is 1080. The molecule has 0 aliphatic carbocycles. The van der Waals surface area contributed by atoms with Crippen LogP contribution in [0, 0.1) is 13.8 Å².